The Kier molecular flexibility index (Phi) is 7.31. The number of aryl methyl sites for hydroxylation is 2. The van der Waals surface area contributed by atoms with E-state index >= 15 is 0 Å². The van der Waals surface area contributed by atoms with Gasteiger partial charge in [0.1, 0.15) is 11.6 Å². The van der Waals surface area contributed by atoms with Crippen molar-refractivity contribution in [3.8, 4) is 0 Å². The van der Waals surface area contributed by atoms with Crippen LogP contribution in [0.4, 0.5) is 5.82 Å². The molecule has 1 fully saturated rings. The quantitative estimate of drug-likeness (QED) is 0.690. The SMILES string of the molecule is Cc1ccc(CCC(=O)C(C)c2ccc(CN)c(Cl)c2)c(N2CCC(C)CC2)n1. The van der Waals surface area contributed by atoms with Crippen LogP contribution in [0.2, 0.25) is 5.02 Å². The molecule has 1 aliphatic heterocycles. The molecule has 0 radical (unpaired) electrons. The monoisotopic (exact) mass is 413 g/mol. The second-order valence-electron chi connectivity index (χ2n) is 8.35. The highest BCUT2D eigenvalue weighted by molar-refractivity contribution is 6.31. The molecule has 156 valence electrons. The van der Waals surface area contributed by atoms with Gasteiger partial charge in [0.05, 0.1) is 0 Å². The molecule has 29 heavy (non-hydrogen) atoms. The van der Waals surface area contributed by atoms with Crippen molar-refractivity contribution in [1.29, 1.82) is 0 Å². The molecule has 0 saturated carbocycles. The molecule has 1 atom stereocenters. The number of halogens is 1. The van der Waals surface area contributed by atoms with Crippen LogP contribution >= 0.6 is 11.6 Å². The molecule has 0 bridgehead atoms. The molecule has 1 aromatic carbocycles. The Labute approximate surface area is 179 Å². The minimum Gasteiger partial charge on any atom is -0.356 e. The molecule has 0 spiro atoms. The first-order valence-corrected chi connectivity index (χ1v) is 11.0. The van der Waals surface area contributed by atoms with Gasteiger partial charge >= 0.3 is 0 Å². The number of hydrogen-bond acceptors (Lipinski definition) is 4. The molecule has 1 saturated heterocycles. The number of piperidine rings is 1. The first kappa shape index (κ1) is 21.8. The number of aromatic nitrogens is 1. The van der Waals surface area contributed by atoms with Crippen molar-refractivity contribution < 1.29 is 4.79 Å². The highest BCUT2D eigenvalue weighted by Crippen LogP contribution is 2.28. The summed E-state index contributed by atoms with van der Waals surface area (Å²) in [7, 11) is 0. The van der Waals surface area contributed by atoms with Gasteiger partial charge < -0.3 is 10.6 Å². The van der Waals surface area contributed by atoms with Crippen molar-refractivity contribution in [1.82, 2.24) is 4.98 Å². The summed E-state index contributed by atoms with van der Waals surface area (Å²) in [6.07, 6.45) is 3.61. The van der Waals surface area contributed by atoms with Crippen LogP contribution in [0.5, 0.6) is 0 Å². The molecule has 2 N–H and O–H groups in total. The maximum Gasteiger partial charge on any atom is 0.140 e. The lowest BCUT2D eigenvalue weighted by Crippen LogP contribution is -2.34. The van der Waals surface area contributed by atoms with Crippen molar-refractivity contribution in [3.63, 3.8) is 0 Å². The van der Waals surface area contributed by atoms with E-state index < -0.39 is 0 Å². The van der Waals surface area contributed by atoms with E-state index in [0.717, 1.165) is 41.6 Å². The molecule has 3 rings (SSSR count). The minimum absolute atomic E-state index is 0.183. The van der Waals surface area contributed by atoms with Gasteiger partial charge in [0.25, 0.3) is 0 Å². The van der Waals surface area contributed by atoms with Crippen LogP contribution in [-0.4, -0.2) is 23.9 Å². The van der Waals surface area contributed by atoms with Crippen LogP contribution < -0.4 is 10.6 Å². The van der Waals surface area contributed by atoms with Crippen LogP contribution in [0.1, 0.15) is 61.4 Å². The van der Waals surface area contributed by atoms with E-state index in [1.807, 2.05) is 38.1 Å². The molecular formula is C24H32ClN3O. The zero-order valence-corrected chi connectivity index (χ0v) is 18.5. The van der Waals surface area contributed by atoms with Crippen molar-refractivity contribution in [2.24, 2.45) is 11.7 Å². The molecule has 2 aromatic rings. The number of anilines is 1. The smallest absolute Gasteiger partial charge is 0.140 e. The standard InChI is InChI=1S/C24H32ClN3O/c1-16-10-12-28(13-11-16)24-19(5-4-17(2)27-24)8-9-23(29)18(3)20-6-7-21(15-26)22(25)14-20/h4-7,14,16,18H,8-13,15,26H2,1-3H3. The van der Waals surface area contributed by atoms with E-state index in [0.29, 0.717) is 24.4 Å². The first-order valence-electron chi connectivity index (χ1n) is 10.6. The van der Waals surface area contributed by atoms with Gasteiger partial charge in [0, 0.05) is 42.7 Å². The van der Waals surface area contributed by atoms with Crippen LogP contribution in [0.25, 0.3) is 0 Å². The summed E-state index contributed by atoms with van der Waals surface area (Å²) in [4.78, 5) is 20.1. The van der Waals surface area contributed by atoms with Gasteiger partial charge in [-0.2, -0.15) is 0 Å². The minimum atomic E-state index is -0.183. The van der Waals surface area contributed by atoms with E-state index in [2.05, 4.69) is 17.9 Å². The van der Waals surface area contributed by atoms with E-state index in [-0.39, 0.29) is 11.7 Å². The van der Waals surface area contributed by atoms with E-state index in [1.165, 1.54) is 18.4 Å². The fourth-order valence-corrected chi connectivity index (χ4v) is 4.19. The summed E-state index contributed by atoms with van der Waals surface area (Å²) in [5.41, 5.74) is 9.73. The topological polar surface area (TPSA) is 59.2 Å². The van der Waals surface area contributed by atoms with Crippen molar-refractivity contribution >= 4 is 23.2 Å². The van der Waals surface area contributed by atoms with Gasteiger partial charge in [-0.3, -0.25) is 4.79 Å². The third-order valence-electron chi connectivity index (χ3n) is 6.10. The van der Waals surface area contributed by atoms with Gasteiger partial charge in [-0.05, 0) is 60.9 Å². The van der Waals surface area contributed by atoms with Crippen molar-refractivity contribution in [2.45, 2.75) is 58.9 Å². The first-order chi connectivity index (χ1) is 13.9. The summed E-state index contributed by atoms with van der Waals surface area (Å²) in [5.74, 6) is 1.88. The third kappa shape index (κ3) is 5.37. The van der Waals surface area contributed by atoms with E-state index in [1.54, 1.807) is 0 Å². The Morgan fingerprint density at radius 2 is 1.93 bits per heavy atom. The zero-order chi connectivity index (χ0) is 21.0. The average Bonchev–Trinajstić information content (AvgIpc) is 2.72. The summed E-state index contributed by atoms with van der Waals surface area (Å²) in [6, 6.07) is 9.94. The van der Waals surface area contributed by atoms with Crippen LogP contribution in [0, 0.1) is 12.8 Å². The molecule has 0 aliphatic carbocycles. The van der Waals surface area contributed by atoms with Crippen LogP contribution in [0.3, 0.4) is 0 Å². The lowest BCUT2D eigenvalue weighted by molar-refractivity contribution is -0.120. The van der Waals surface area contributed by atoms with Gasteiger partial charge in [-0.1, -0.05) is 43.6 Å². The summed E-state index contributed by atoms with van der Waals surface area (Å²) in [6.45, 7) is 8.79. The molecule has 4 nitrogen and oxygen atoms in total. The Morgan fingerprint density at radius 1 is 1.24 bits per heavy atom. The Bertz CT molecular complexity index is 859. The number of carbonyl (C=O) groups excluding carboxylic acids is 1. The van der Waals surface area contributed by atoms with E-state index in [4.69, 9.17) is 22.3 Å². The maximum atomic E-state index is 12.9. The maximum absolute atomic E-state index is 12.9. The number of pyridine rings is 1. The van der Waals surface area contributed by atoms with Crippen molar-refractivity contribution in [3.05, 3.63) is 57.7 Å². The predicted molar refractivity (Wildman–Crippen MR) is 121 cm³/mol. The number of rotatable bonds is 7. The van der Waals surface area contributed by atoms with Gasteiger partial charge in [-0.25, -0.2) is 4.98 Å². The molecule has 1 aromatic heterocycles. The number of benzene rings is 1. The van der Waals surface area contributed by atoms with Gasteiger partial charge in [-0.15, -0.1) is 0 Å². The highest BCUT2D eigenvalue weighted by Gasteiger charge is 2.21. The molecule has 2 heterocycles. The van der Waals surface area contributed by atoms with Gasteiger partial charge in [0.15, 0.2) is 0 Å². The lowest BCUT2D eigenvalue weighted by Gasteiger charge is -2.32. The second-order valence-corrected chi connectivity index (χ2v) is 8.76. The summed E-state index contributed by atoms with van der Waals surface area (Å²) >= 11 is 6.28. The van der Waals surface area contributed by atoms with Gasteiger partial charge in [0.2, 0.25) is 0 Å². The average molecular weight is 414 g/mol. The molecule has 1 aliphatic rings. The zero-order valence-electron chi connectivity index (χ0n) is 17.7. The molecule has 5 heteroatoms. The van der Waals surface area contributed by atoms with E-state index in [9.17, 15) is 4.79 Å². The van der Waals surface area contributed by atoms with Crippen molar-refractivity contribution in [2.75, 3.05) is 18.0 Å². The number of nitrogens with zero attached hydrogens (tertiary/aromatic N) is 2. The summed E-state index contributed by atoms with van der Waals surface area (Å²) in [5, 5.41) is 0.633. The molecule has 1 unspecified atom stereocenters. The number of ketones is 1. The molecule has 0 amide bonds. The Hall–Kier alpha value is -1.91. The Morgan fingerprint density at radius 3 is 2.59 bits per heavy atom. The predicted octanol–water partition coefficient (Wildman–Crippen LogP) is 5.04. The normalized spacial score (nSPS) is 16.1. The second kappa shape index (κ2) is 9.73. The van der Waals surface area contributed by atoms with Crippen LogP contribution in [0.15, 0.2) is 30.3 Å². The fraction of sp³-hybridized carbons (Fsp3) is 0.500. The lowest BCUT2D eigenvalue weighted by atomic mass is 9.92. The summed E-state index contributed by atoms with van der Waals surface area (Å²) < 4.78 is 0. The highest BCUT2D eigenvalue weighted by atomic mass is 35.5. The Balaban J connectivity index is 1.69. The number of hydrogen-bond donors (Lipinski definition) is 1. The number of nitrogens with two attached hydrogens (primary N) is 1. The fourth-order valence-electron chi connectivity index (χ4n) is 3.92. The largest absolute Gasteiger partial charge is 0.356 e. The number of carbonyl (C=O) groups is 1. The molecular weight excluding hydrogens is 382 g/mol. The third-order valence-corrected chi connectivity index (χ3v) is 6.45. The number of Topliss-reactive ketones (excluding diaryl/α,β-unsaturated/α-hetero) is 1. The van der Waals surface area contributed by atoms with Crippen LogP contribution in [-0.2, 0) is 17.8 Å².